The van der Waals surface area contributed by atoms with E-state index in [1.807, 2.05) is 0 Å². The molecule has 1 amide bonds. The minimum absolute atomic E-state index is 0.146. The number of aryl methyl sites for hydroxylation is 1. The quantitative estimate of drug-likeness (QED) is 0.864. The highest BCUT2D eigenvalue weighted by atomic mass is 35.5. The molecule has 0 fully saturated rings. The number of aromatic nitrogens is 1. The Balaban J connectivity index is 2.85. The fourth-order valence-corrected chi connectivity index (χ4v) is 1.74. The molecule has 6 nitrogen and oxygen atoms in total. The Morgan fingerprint density at radius 2 is 2.05 bits per heavy atom. The lowest BCUT2D eigenvalue weighted by molar-refractivity contribution is -0.140. The highest BCUT2D eigenvalue weighted by Gasteiger charge is 2.19. The van der Waals surface area contributed by atoms with Crippen molar-refractivity contribution in [2.45, 2.75) is 39.2 Å². The van der Waals surface area contributed by atoms with Crippen LogP contribution in [0.3, 0.4) is 0 Å². The summed E-state index contributed by atoms with van der Waals surface area (Å²) in [6.45, 7) is 5.28. The Morgan fingerprint density at radius 3 is 2.62 bits per heavy atom. The van der Waals surface area contributed by atoms with Crippen LogP contribution in [0.15, 0.2) is 12.3 Å². The zero-order valence-corrected chi connectivity index (χ0v) is 13.3. The number of hydrogen-bond acceptors (Lipinski definition) is 5. The van der Waals surface area contributed by atoms with E-state index in [4.69, 9.17) is 16.3 Å². The minimum Gasteiger partial charge on any atom is -0.469 e. The van der Waals surface area contributed by atoms with Crippen molar-refractivity contribution in [2.24, 2.45) is 0 Å². The molecule has 0 spiro atoms. The SMILES string of the molecule is COC(=O)CCc1nccc(Cl)c1NC(=O)OC(C)(C)C. The van der Waals surface area contributed by atoms with Gasteiger partial charge in [0.1, 0.15) is 5.60 Å². The third kappa shape index (κ3) is 5.99. The summed E-state index contributed by atoms with van der Waals surface area (Å²) in [6.07, 6.45) is 1.33. The number of anilines is 1. The van der Waals surface area contributed by atoms with Crippen LogP contribution < -0.4 is 5.32 Å². The lowest BCUT2D eigenvalue weighted by atomic mass is 10.2. The van der Waals surface area contributed by atoms with Gasteiger partial charge in [-0.15, -0.1) is 0 Å². The Morgan fingerprint density at radius 1 is 1.38 bits per heavy atom. The zero-order chi connectivity index (χ0) is 16.0. The zero-order valence-electron chi connectivity index (χ0n) is 12.5. The van der Waals surface area contributed by atoms with Crippen molar-refractivity contribution in [1.29, 1.82) is 0 Å². The van der Waals surface area contributed by atoms with Gasteiger partial charge in [0.25, 0.3) is 0 Å². The normalized spacial score (nSPS) is 10.9. The van der Waals surface area contributed by atoms with Crippen LogP contribution in [0.1, 0.15) is 32.9 Å². The fourth-order valence-electron chi connectivity index (χ4n) is 1.53. The van der Waals surface area contributed by atoms with Gasteiger partial charge in [-0.25, -0.2) is 4.79 Å². The number of esters is 1. The van der Waals surface area contributed by atoms with Gasteiger partial charge in [0.2, 0.25) is 0 Å². The summed E-state index contributed by atoms with van der Waals surface area (Å²) in [6, 6.07) is 1.55. The van der Waals surface area contributed by atoms with Gasteiger partial charge >= 0.3 is 12.1 Å². The molecule has 0 aromatic carbocycles. The number of carbonyl (C=O) groups is 2. The molecule has 0 bridgehead atoms. The smallest absolute Gasteiger partial charge is 0.412 e. The standard InChI is InChI=1S/C14H19ClN2O4/c1-14(2,3)21-13(19)17-12-9(15)7-8-16-10(12)5-6-11(18)20-4/h7-8H,5-6H2,1-4H3,(H,17,19). The summed E-state index contributed by atoms with van der Waals surface area (Å²) < 4.78 is 9.75. The number of methoxy groups -OCH3 is 1. The van der Waals surface area contributed by atoms with Crippen molar-refractivity contribution in [1.82, 2.24) is 4.98 Å². The van der Waals surface area contributed by atoms with Crippen LogP contribution >= 0.6 is 11.6 Å². The maximum Gasteiger partial charge on any atom is 0.412 e. The van der Waals surface area contributed by atoms with E-state index in [1.165, 1.54) is 13.3 Å². The Bertz CT molecular complexity index is 526. The molecule has 0 aliphatic carbocycles. The third-order valence-electron chi connectivity index (χ3n) is 2.40. The van der Waals surface area contributed by atoms with Crippen LogP contribution in [0.4, 0.5) is 10.5 Å². The molecule has 21 heavy (non-hydrogen) atoms. The van der Waals surface area contributed by atoms with Crippen LogP contribution in [-0.2, 0) is 20.7 Å². The van der Waals surface area contributed by atoms with Gasteiger partial charge in [-0.1, -0.05) is 11.6 Å². The van der Waals surface area contributed by atoms with Crippen LogP contribution in [-0.4, -0.2) is 29.8 Å². The van der Waals surface area contributed by atoms with Crippen molar-refractivity contribution < 1.29 is 19.1 Å². The van der Waals surface area contributed by atoms with Crippen LogP contribution in [0.25, 0.3) is 0 Å². The molecule has 1 N–H and O–H groups in total. The van der Waals surface area contributed by atoms with Gasteiger partial charge in [0, 0.05) is 12.6 Å². The maximum absolute atomic E-state index is 11.8. The minimum atomic E-state index is -0.628. The second-order valence-electron chi connectivity index (χ2n) is 5.32. The van der Waals surface area contributed by atoms with Gasteiger partial charge < -0.3 is 9.47 Å². The highest BCUT2D eigenvalue weighted by Crippen LogP contribution is 2.26. The molecule has 0 saturated heterocycles. The van der Waals surface area contributed by atoms with Crippen LogP contribution in [0, 0.1) is 0 Å². The van der Waals surface area contributed by atoms with E-state index in [-0.39, 0.29) is 12.4 Å². The number of carbonyl (C=O) groups excluding carboxylic acids is 2. The number of ether oxygens (including phenoxy) is 2. The van der Waals surface area contributed by atoms with Crippen molar-refractivity contribution in [3.05, 3.63) is 23.0 Å². The molecule has 116 valence electrons. The summed E-state index contributed by atoms with van der Waals surface area (Å²) in [7, 11) is 1.31. The summed E-state index contributed by atoms with van der Waals surface area (Å²) in [4.78, 5) is 27.1. The topological polar surface area (TPSA) is 77.5 Å². The van der Waals surface area contributed by atoms with Gasteiger partial charge in [-0.3, -0.25) is 15.1 Å². The summed E-state index contributed by atoms with van der Waals surface area (Å²) in [5.74, 6) is -0.361. The van der Waals surface area contributed by atoms with Crippen molar-refractivity contribution in [3.63, 3.8) is 0 Å². The predicted octanol–water partition coefficient (Wildman–Crippen LogP) is 3.19. The molecule has 0 aliphatic heterocycles. The summed E-state index contributed by atoms with van der Waals surface area (Å²) in [5.41, 5.74) is 0.224. The lowest BCUT2D eigenvalue weighted by Crippen LogP contribution is -2.27. The molecule has 0 aliphatic rings. The molecule has 7 heteroatoms. The number of amides is 1. The first-order chi connectivity index (χ1) is 9.73. The van der Waals surface area contributed by atoms with E-state index in [2.05, 4.69) is 15.0 Å². The second-order valence-corrected chi connectivity index (χ2v) is 5.72. The molecule has 0 saturated carbocycles. The molecule has 0 atom stereocenters. The van der Waals surface area contributed by atoms with E-state index >= 15 is 0 Å². The fraction of sp³-hybridized carbons (Fsp3) is 0.500. The number of hydrogen-bond donors (Lipinski definition) is 1. The van der Waals surface area contributed by atoms with E-state index in [0.717, 1.165) is 0 Å². The Labute approximate surface area is 128 Å². The van der Waals surface area contributed by atoms with E-state index < -0.39 is 11.7 Å². The number of pyridine rings is 1. The maximum atomic E-state index is 11.8. The molecule has 1 rings (SSSR count). The largest absolute Gasteiger partial charge is 0.469 e. The molecular formula is C14H19ClN2O4. The van der Waals surface area contributed by atoms with Gasteiger partial charge in [-0.2, -0.15) is 0 Å². The second kappa shape index (κ2) is 7.26. The van der Waals surface area contributed by atoms with Crippen molar-refractivity contribution >= 4 is 29.4 Å². The monoisotopic (exact) mass is 314 g/mol. The van der Waals surface area contributed by atoms with Crippen molar-refractivity contribution in [2.75, 3.05) is 12.4 Å². The van der Waals surface area contributed by atoms with Crippen LogP contribution in [0.2, 0.25) is 5.02 Å². The molecule has 1 heterocycles. The first-order valence-corrected chi connectivity index (χ1v) is 6.81. The molecule has 0 radical (unpaired) electrons. The highest BCUT2D eigenvalue weighted by molar-refractivity contribution is 6.33. The molecule has 0 unspecified atom stereocenters. The van der Waals surface area contributed by atoms with Gasteiger partial charge in [0.15, 0.2) is 0 Å². The third-order valence-corrected chi connectivity index (χ3v) is 2.71. The first-order valence-electron chi connectivity index (χ1n) is 6.43. The summed E-state index contributed by atoms with van der Waals surface area (Å²) in [5, 5.41) is 2.90. The van der Waals surface area contributed by atoms with E-state index in [0.29, 0.717) is 22.8 Å². The van der Waals surface area contributed by atoms with Crippen molar-refractivity contribution in [3.8, 4) is 0 Å². The predicted molar refractivity (Wildman–Crippen MR) is 79.4 cm³/mol. The average Bonchev–Trinajstić information content (AvgIpc) is 2.37. The van der Waals surface area contributed by atoms with Gasteiger partial charge in [0.05, 0.1) is 29.9 Å². The number of nitrogens with zero attached hydrogens (tertiary/aromatic N) is 1. The Kier molecular flexibility index (Phi) is 5.96. The van der Waals surface area contributed by atoms with E-state index in [9.17, 15) is 9.59 Å². The number of nitrogens with one attached hydrogen (secondary N) is 1. The lowest BCUT2D eigenvalue weighted by Gasteiger charge is -2.20. The first kappa shape index (κ1) is 17.2. The van der Waals surface area contributed by atoms with E-state index in [1.54, 1.807) is 26.8 Å². The Hall–Kier alpha value is -1.82. The summed E-state index contributed by atoms with van der Waals surface area (Å²) >= 11 is 6.07. The number of rotatable bonds is 4. The average molecular weight is 315 g/mol. The molecule has 1 aromatic rings. The molecule has 1 aromatic heterocycles. The van der Waals surface area contributed by atoms with Crippen LogP contribution in [0.5, 0.6) is 0 Å². The van der Waals surface area contributed by atoms with Gasteiger partial charge in [-0.05, 0) is 26.8 Å². The number of halogens is 1. The molecular weight excluding hydrogens is 296 g/mol.